The summed E-state index contributed by atoms with van der Waals surface area (Å²) in [5.41, 5.74) is 0.995. The minimum absolute atomic E-state index is 0.154. The van der Waals surface area contributed by atoms with E-state index in [1.165, 1.54) is 23.7 Å². The van der Waals surface area contributed by atoms with Gasteiger partial charge in [0.1, 0.15) is 6.04 Å². The molecule has 0 aliphatic carbocycles. The average molecular weight is 390 g/mol. The Labute approximate surface area is 159 Å². The Balaban J connectivity index is 1.57. The van der Waals surface area contributed by atoms with Gasteiger partial charge in [-0.1, -0.05) is 29.8 Å². The van der Waals surface area contributed by atoms with E-state index < -0.39 is 11.9 Å². The lowest BCUT2D eigenvalue weighted by molar-refractivity contribution is -0.117. The minimum Gasteiger partial charge on any atom is -0.459 e. The normalized spacial score (nSPS) is 11.8. The number of thiazole rings is 1. The molecule has 6 nitrogen and oxygen atoms in total. The second-order valence-electron chi connectivity index (χ2n) is 5.56. The van der Waals surface area contributed by atoms with E-state index in [9.17, 15) is 9.59 Å². The maximum absolute atomic E-state index is 12.2. The minimum atomic E-state index is -0.733. The number of aromatic nitrogens is 1. The number of benzene rings is 1. The summed E-state index contributed by atoms with van der Waals surface area (Å²) >= 11 is 7.53. The topological polar surface area (TPSA) is 84.2 Å². The molecule has 1 atom stereocenters. The molecule has 3 aromatic rings. The largest absolute Gasteiger partial charge is 0.459 e. The van der Waals surface area contributed by atoms with Crippen LogP contribution in [0.3, 0.4) is 0 Å². The van der Waals surface area contributed by atoms with Crippen molar-refractivity contribution in [3.63, 3.8) is 0 Å². The van der Waals surface area contributed by atoms with Crippen LogP contribution in [0.1, 0.15) is 27.9 Å². The summed E-state index contributed by atoms with van der Waals surface area (Å²) in [7, 11) is 0. The van der Waals surface area contributed by atoms with Crippen molar-refractivity contribution in [1.82, 2.24) is 10.3 Å². The second-order valence-corrected chi connectivity index (χ2v) is 7.08. The van der Waals surface area contributed by atoms with Crippen LogP contribution in [0.2, 0.25) is 5.02 Å². The average Bonchev–Trinajstić information content (AvgIpc) is 3.29. The van der Waals surface area contributed by atoms with E-state index in [2.05, 4.69) is 15.6 Å². The molecule has 3 rings (SSSR count). The molecule has 0 bridgehead atoms. The van der Waals surface area contributed by atoms with Crippen molar-refractivity contribution in [2.24, 2.45) is 0 Å². The fourth-order valence-corrected chi connectivity index (χ4v) is 3.27. The van der Waals surface area contributed by atoms with Gasteiger partial charge in [-0.2, -0.15) is 0 Å². The highest BCUT2D eigenvalue weighted by molar-refractivity contribution is 7.15. The standard InChI is InChI=1S/C18H16ClN3O3S/c1-11(21-17(24)15-7-4-8-25-15)16(23)22-18-20-10-13(26-18)9-12-5-2-3-6-14(12)19/h2-8,10-11H,9H2,1H3,(H,21,24)(H,20,22,23)/t11-/m1/s1. The first-order valence-electron chi connectivity index (χ1n) is 7.86. The van der Waals surface area contributed by atoms with Crippen molar-refractivity contribution < 1.29 is 14.0 Å². The Bertz CT molecular complexity index is 908. The highest BCUT2D eigenvalue weighted by Gasteiger charge is 2.19. The van der Waals surface area contributed by atoms with E-state index in [-0.39, 0.29) is 11.7 Å². The Kier molecular flexibility index (Phi) is 5.70. The number of furan rings is 1. The molecule has 134 valence electrons. The lowest BCUT2D eigenvalue weighted by atomic mass is 10.1. The molecule has 0 aliphatic rings. The Hall–Kier alpha value is -2.64. The highest BCUT2D eigenvalue weighted by Crippen LogP contribution is 2.24. The number of anilines is 1. The SMILES string of the molecule is C[C@@H](NC(=O)c1ccco1)C(=O)Nc1ncc(Cc2ccccc2Cl)s1. The lowest BCUT2D eigenvalue weighted by Gasteiger charge is -2.11. The Morgan fingerprint density at radius 2 is 2.08 bits per heavy atom. The van der Waals surface area contributed by atoms with Crippen LogP contribution in [-0.2, 0) is 11.2 Å². The molecule has 0 fully saturated rings. The Morgan fingerprint density at radius 1 is 1.27 bits per heavy atom. The van der Waals surface area contributed by atoms with Gasteiger partial charge in [0.25, 0.3) is 5.91 Å². The molecule has 0 unspecified atom stereocenters. The summed E-state index contributed by atoms with van der Waals surface area (Å²) in [5.74, 6) is -0.652. The van der Waals surface area contributed by atoms with Gasteiger partial charge >= 0.3 is 0 Å². The second kappa shape index (κ2) is 8.16. The molecule has 0 saturated heterocycles. The van der Waals surface area contributed by atoms with E-state index in [1.54, 1.807) is 19.2 Å². The number of halogens is 1. The maximum Gasteiger partial charge on any atom is 0.287 e. The summed E-state index contributed by atoms with van der Waals surface area (Å²) < 4.78 is 5.00. The zero-order valence-electron chi connectivity index (χ0n) is 13.9. The van der Waals surface area contributed by atoms with Crippen molar-refractivity contribution in [2.45, 2.75) is 19.4 Å². The van der Waals surface area contributed by atoms with Crippen LogP contribution in [0.4, 0.5) is 5.13 Å². The fourth-order valence-electron chi connectivity index (χ4n) is 2.23. The third kappa shape index (κ3) is 4.50. The van der Waals surface area contributed by atoms with Gasteiger partial charge in [0.05, 0.1) is 6.26 Å². The molecule has 0 radical (unpaired) electrons. The molecule has 26 heavy (non-hydrogen) atoms. The number of rotatable bonds is 6. The summed E-state index contributed by atoms with van der Waals surface area (Å²) in [6.07, 6.45) is 3.74. The number of nitrogens with zero attached hydrogens (tertiary/aromatic N) is 1. The maximum atomic E-state index is 12.2. The quantitative estimate of drug-likeness (QED) is 0.672. The third-order valence-electron chi connectivity index (χ3n) is 3.59. The van der Waals surface area contributed by atoms with E-state index in [1.807, 2.05) is 24.3 Å². The summed E-state index contributed by atoms with van der Waals surface area (Å²) in [6.45, 7) is 1.59. The van der Waals surface area contributed by atoms with Gasteiger partial charge < -0.3 is 15.1 Å². The first kappa shape index (κ1) is 18.2. The van der Waals surface area contributed by atoms with Crippen LogP contribution in [0, 0.1) is 0 Å². The molecular weight excluding hydrogens is 374 g/mol. The van der Waals surface area contributed by atoms with Gasteiger partial charge in [0, 0.05) is 22.5 Å². The molecule has 0 saturated carbocycles. The van der Waals surface area contributed by atoms with Crippen LogP contribution in [0.5, 0.6) is 0 Å². The number of carbonyl (C=O) groups excluding carboxylic acids is 2. The molecule has 0 spiro atoms. The highest BCUT2D eigenvalue weighted by atomic mass is 35.5. The van der Waals surface area contributed by atoms with Crippen LogP contribution in [0.15, 0.2) is 53.3 Å². The number of carbonyl (C=O) groups is 2. The van der Waals surface area contributed by atoms with Gasteiger partial charge in [0.15, 0.2) is 10.9 Å². The summed E-state index contributed by atoms with van der Waals surface area (Å²) in [4.78, 5) is 29.3. The predicted molar refractivity (Wildman–Crippen MR) is 101 cm³/mol. The van der Waals surface area contributed by atoms with Crippen molar-refractivity contribution >= 4 is 39.9 Å². The molecule has 0 aliphatic heterocycles. The third-order valence-corrected chi connectivity index (χ3v) is 4.87. The molecule has 2 N–H and O–H groups in total. The number of nitrogens with one attached hydrogen (secondary N) is 2. The Morgan fingerprint density at radius 3 is 2.81 bits per heavy atom. The molecule has 1 aromatic carbocycles. The zero-order valence-corrected chi connectivity index (χ0v) is 15.4. The first-order valence-corrected chi connectivity index (χ1v) is 9.05. The van der Waals surface area contributed by atoms with Crippen LogP contribution in [0.25, 0.3) is 0 Å². The molecule has 2 aromatic heterocycles. The van der Waals surface area contributed by atoms with Crippen LogP contribution in [-0.4, -0.2) is 22.8 Å². The fraction of sp³-hybridized carbons (Fsp3) is 0.167. The lowest BCUT2D eigenvalue weighted by Crippen LogP contribution is -2.41. The molecular formula is C18H16ClN3O3S. The van der Waals surface area contributed by atoms with Gasteiger partial charge in [-0.15, -0.1) is 11.3 Å². The molecule has 8 heteroatoms. The smallest absolute Gasteiger partial charge is 0.287 e. The number of hydrogen-bond donors (Lipinski definition) is 2. The van der Waals surface area contributed by atoms with Crippen molar-refractivity contribution in [3.05, 3.63) is 70.1 Å². The van der Waals surface area contributed by atoms with Crippen molar-refractivity contribution in [1.29, 1.82) is 0 Å². The van der Waals surface area contributed by atoms with E-state index in [0.29, 0.717) is 16.6 Å². The molecule has 2 heterocycles. The monoisotopic (exact) mass is 389 g/mol. The molecule has 2 amide bonds. The van der Waals surface area contributed by atoms with E-state index in [4.69, 9.17) is 16.0 Å². The number of amides is 2. The van der Waals surface area contributed by atoms with E-state index >= 15 is 0 Å². The van der Waals surface area contributed by atoms with Gasteiger partial charge in [-0.3, -0.25) is 9.59 Å². The first-order chi connectivity index (χ1) is 12.5. The van der Waals surface area contributed by atoms with Gasteiger partial charge in [-0.05, 0) is 30.7 Å². The summed E-state index contributed by atoms with van der Waals surface area (Å²) in [6, 6.07) is 9.99. The van der Waals surface area contributed by atoms with E-state index in [0.717, 1.165) is 10.4 Å². The zero-order chi connectivity index (χ0) is 18.5. The van der Waals surface area contributed by atoms with Crippen LogP contribution < -0.4 is 10.6 Å². The van der Waals surface area contributed by atoms with Crippen molar-refractivity contribution in [2.75, 3.05) is 5.32 Å². The predicted octanol–water partition coefficient (Wildman–Crippen LogP) is 3.74. The van der Waals surface area contributed by atoms with Gasteiger partial charge in [0.2, 0.25) is 5.91 Å². The number of hydrogen-bond acceptors (Lipinski definition) is 5. The van der Waals surface area contributed by atoms with Crippen LogP contribution >= 0.6 is 22.9 Å². The van der Waals surface area contributed by atoms with Gasteiger partial charge in [-0.25, -0.2) is 4.98 Å². The van der Waals surface area contributed by atoms with Crippen molar-refractivity contribution in [3.8, 4) is 0 Å². The summed E-state index contributed by atoms with van der Waals surface area (Å²) in [5, 5.41) is 6.44.